The fourth-order valence-electron chi connectivity index (χ4n) is 0.967. The van der Waals surface area contributed by atoms with Gasteiger partial charge in [0.05, 0.1) is 12.3 Å². The van der Waals surface area contributed by atoms with Gasteiger partial charge in [0, 0.05) is 5.75 Å². The Balaban J connectivity index is 2.48. The minimum Gasteiger partial charge on any atom is -0.245 e. The van der Waals surface area contributed by atoms with E-state index in [0.29, 0.717) is 12.3 Å². The zero-order valence-electron chi connectivity index (χ0n) is 8.24. The summed E-state index contributed by atoms with van der Waals surface area (Å²) in [6.45, 7) is 4.08. The predicted octanol–water partition coefficient (Wildman–Crippen LogP) is -0.0342. The lowest BCUT2D eigenvalue weighted by Crippen LogP contribution is -2.53. The van der Waals surface area contributed by atoms with Crippen molar-refractivity contribution >= 4 is 22.7 Å². The third-order valence-corrected chi connectivity index (χ3v) is 2.78. The van der Waals surface area contributed by atoms with Crippen molar-refractivity contribution in [2.75, 3.05) is 12.3 Å². The first-order chi connectivity index (χ1) is 6.63. The molecule has 2 N–H and O–H groups in total. The summed E-state index contributed by atoms with van der Waals surface area (Å²) >= 11 is 0. The van der Waals surface area contributed by atoms with Gasteiger partial charge in [0.2, 0.25) is 0 Å². The van der Waals surface area contributed by atoms with Crippen molar-refractivity contribution in [1.29, 1.82) is 0 Å². The van der Waals surface area contributed by atoms with E-state index in [2.05, 4.69) is 15.4 Å². The number of urea groups is 1. The van der Waals surface area contributed by atoms with Crippen LogP contribution in [-0.4, -0.2) is 33.3 Å². The number of hydrazine groups is 1. The molecule has 0 bridgehead atoms. The molecule has 6 nitrogen and oxygen atoms in total. The molecular weight excluding hydrogens is 204 g/mol. The number of amides is 2. The minimum atomic E-state index is -1.19. The molecule has 1 atom stereocenters. The molecule has 1 unspecified atom stereocenters. The van der Waals surface area contributed by atoms with Crippen molar-refractivity contribution in [3.05, 3.63) is 0 Å². The molecule has 1 aliphatic heterocycles. The SMILES string of the molecule is CCCS(=O)NN1CC(C)=NNC1=O. The molecule has 0 aromatic rings. The van der Waals surface area contributed by atoms with E-state index in [0.717, 1.165) is 12.1 Å². The fraction of sp³-hybridized carbons (Fsp3) is 0.714. The van der Waals surface area contributed by atoms with Crippen LogP contribution in [-0.2, 0) is 11.0 Å². The first-order valence-corrected chi connectivity index (χ1v) is 5.70. The molecule has 0 spiro atoms. The zero-order chi connectivity index (χ0) is 10.6. The van der Waals surface area contributed by atoms with Crippen LogP contribution in [0.15, 0.2) is 5.10 Å². The van der Waals surface area contributed by atoms with Crippen molar-refractivity contribution in [3.8, 4) is 0 Å². The van der Waals surface area contributed by atoms with E-state index in [4.69, 9.17) is 0 Å². The Morgan fingerprint density at radius 3 is 3.07 bits per heavy atom. The highest BCUT2D eigenvalue weighted by atomic mass is 32.2. The van der Waals surface area contributed by atoms with E-state index in [-0.39, 0.29) is 6.03 Å². The van der Waals surface area contributed by atoms with Gasteiger partial charge in [-0.25, -0.2) is 19.4 Å². The summed E-state index contributed by atoms with van der Waals surface area (Å²) in [7, 11) is -1.19. The molecule has 1 heterocycles. The molecule has 14 heavy (non-hydrogen) atoms. The molecule has 0 aliphatic carbocycles. The lowest BCUT2D eigenvalue weighted by molar-refractivity contribution is 0.195. The summed E-state index contributed by atoms with van der Waals surface area (Å²) in [4.78, 5) is 13.8. The number of hydrazone groups is 1. The van der Waals surface area contributed by atoms with E-state index in [1.807, 2.05) is 6.92 Å². The summed E-state index contributed by atoms with van der Waals surface area (Å²) in [5.74, 6) is 0.528. The molecule has 0 saturated carbocycles. The summed E-state index contributed by atoms with van der Waals surface area (Å²) in [5, 5.41) is 5.02. The van der Waals surface area contributed by atoms with Crippen molar-refractivity contribution in [3.63, 3.8) is 0 Å². The van der Waals surface area contributed by atoms with Gasteiger partial charge in [-0.05, 0) is 13.3 Å². The topological polar surface area (TPSA) is 73.8 Å². The van der Waals surface area contributed by atoms with Crippen LogP contribution in [0.25, 0.3) is 0 Å². The minimum absolute atomic E-state index is 0.362. The van der Waals surface area contributed by atoms with E-state index in [9.17, 15) is 9.00 Å². The molecule has 1 rings (SSSR count). The van der Waals surface area contributed by atoms with Crippen molar-refractivity contribution < 1.29 is 9.00 Å². The third kappa shape index (κ3) is 3.08. The van der Waals surface area contributed by atoms with E-state index < -0.39 is 11.0 Å². The first kappa shape index (κ1) is 11.1. The maximum absolute atomic E-state index is 11.3. The first-order valence-electron chi connectivity index (χ1n) is 4.38. The van der Waals surface area contributed by atoms with E-state index in [1.165, 1.54) is 5.01 Å². The van der Waals surface area contributed by atoms with Gasteiger partial charge in [0.15, 0.2) is 0 Å². The quantitative estimate of drug-likeness (QED) is 0.695. The Morgan fingerprint density at radius 2 is 2.43 bits per heavy atom. The van der Waals surface area contributed by atoms with Crippen LogP contribution in [0, 0.1) is 0 Å². The summed E-state index contributed by atoms with van der Waals surface area (Å²) in [5.41, 5.74) is 3.08. The highest BCUT2D eigenvalue weighted by molar-refractivity contribution is 7.82. The molecule has 0 radical (unpaired) electrons. The Kier molecular flexibility index (Phi) is 4.02. The lowest BCUT2D eigenvalue weighted by atomic mass is 10.4. The molecular formula is C7H14N4O2S. The lowest BCUT2D eigenvalue weighted by Gasteiger charge is -2.24. The second kappa shape index (κ2) is 5.06. The second-order valence-corrected chi connectivity index (χ2v) is 4.27. The van der Waals surface area contributed by atoms with Crippen molar-refractivity contribution in [2.45, 2.75) is 20.3 Å². The van der Waals surface area contributed by atoms with Crippen LogP contribution < -0.4 is 10.3 Å². The van der Waals surface area contributed by atoms with Gasteiger partial charge in [-0.15, -0.1) is 4.83 Å². The summed E-state index contributed by atoms with van der Waals surface area (Å²) in [6.07, 6.45) is 0.808. The van der Waals surface area contributed by atoms with Gasteiger partial charge in [0.25, 0.3) is 0 Å². The molecule has 80 valence electrons. The summed E-state index contributed by atoms with van der Waals surface area (Å²) in [6, 6.07) is -0.375. The number of rotatable bonds is 4. The second-order valence-electron chi connectivity index (χ2n) is 2.99. The fourth-order valence-corrected chi connectivity index (χ4v) is 1.82. The average molecular weight is 218 g/mol. The van der Waals surface area contributed by atoms with Crippen LogP contribution in [0.3, 0.4) is 0 Å². The van der Waals surface area contributed by atoms with E-state index in [1.54, 1.807) is 6.92 Å². The van der Waals surface area contributed by atoms with Crippen LogP contribution in [0.5, 0.6) is 0 Å². The maximum Gasteiger partial charge on any atom is 0.353 e. The predicted molar refractivity (Wildman–Crippen MR) is 54.8 cm³/mol. The highest BCUT2D eigenvalue weighted by Crippen LogP contribution is 1.95. The molecule has 0 fully saturated rings. The number of carbonyl (C=O) groups is 1. The standard InChI is InChI=1S/C7H14N4O2S/c1-3-4-14(13)10-11-5-6(2)8-9-7(11)12/h10H,3-5H2,1-2H3,(H,9,12). The van der Waals surface area contributed by atoms with Gasteiger partial charge in [-0.2, -0.15) is 5.10 Å². The molecule has 2 amide bonds. The van der Waals surface area contributed by atoms with Gasteiger partial charge in [-0.1, -0.05) is 6.92 Å². The molecule has 0 aromatic heterocycles. The number of hydrogen-bond acceptors (Lipinski definition) is 3. The van der Waals surface area contributed by atoms with Crippen molar-refractivity contribution in [1.82, 2.24) is 15.3 Å². The monoisotopic (exact) mass is 218 g/mol. The highest BCUT2D eigenvalue weighted by Gasteiger charge is 2.19. The maximum atomic E-state index is 11.3. The van der Waals surface area contributed by atoms with Gasteiger partial charge in [0.1, 0.15) is 11.0 Å². The van der Waals surface area contributed by atoms with Gasteiger partial charge in [-0.3, -0.25) is 0 Å². The average Bonchev–Trinajstić information content (AvgIpc) is 2.12. The van der Waals surface area contributed by atoms with Gasteiger partial charge < -0.3 is 0 Å². The van der Waals surface area contributed by atoms with Gasteiger partial charge >= 0.3 is 6.03 Å². The van der Waals surface area contributed by atoms with Crippen LogP contribution >= 0.6 is 0 Å². The Hall–Kier alpha value is -0.950. The van der Waals surface area contributed by atoms with Crippen LogP contribution in [0.4, 0.5) is 4.79 Å². The van der Waals surface area contributed by atoms with Crippen LogP contribution in [0.2, 0.25) is 0 Å². The molecule has 0 aromatic carbocycles. The smallest absolute Gasteiger partial charge is 0.245 e. The molecule has 7 heteroatoms. The normalized spacial score (nSPS) is 18.9. The largest absolute Gasteiger partial charge is 0.353 e. The van der Waals surface area contributed by atoms with E-state index >= 15 is 0 Å². The molecule has 0 saturated heterocycles. The zero-order valence-corrected chi connectivity index (χ0v) is 9.06. The van der Waals surface area contributed by atoms with Crippen molar-refractivity contribution in [2.24, 2.45) is 5.10 Å². The Labute approximate surface area is 85.3 Å². The number of hydrogen-bond donors (Lipinski definition) is 2. The Bertz CT molecular complexity index is 279. The number of carbonyl (C=O) groups excluding carboxylic acids is 1. The number of nitrogens with one attached hydrogen (secondary N) is 2. The Morgan fingerprint density at radius 1 is 1.71 bits per heavy atom. The number of nitrogens with zero attached hydrogens (tertiary/aromatic N) is 2. The molecule has 1 aliphatic rings. The third-order valence-electron chi connectivity index (χ3n) is 1.58. The van der Waals surface area contributed by atoms with Crippen LogP contribution in [0.1, 0.15) is 20.3 Å². The summed E-state index contributed by atoms with van der Waals surface area (Å²) < 4.78 is 11.3.